The highest BCUT2D eigenvalue weighted by molar-refractivity contribution is 8.15. The molecule has 1 aliphatic rings. The minimum absolute atomic E-state index is 0.0165. The summed E-state index contributed by atoms with van der Waals surface area (Å²) in [6.45, 7) is 3.65. The van der Waals surface area contributed by atoms with Crippen molar-refractivity contribution in [3.05, 3.63) is 16.5 Å². The van der Waals surface area contributed by atoms with Crippen LogP contribution in [0.1, 0.15) is 48.5 Å². The Hall–Kier alpha value is -0.590. The number of esters is 1. The van der Waals surface area contributed by atoms with Crippen molar-refractivity contribution in [3.63, 3.8) is 0 Å². The van der Waals surface area contributed by atoms with E-state index in [0.29, 0.717) is 17.0 Å². The molecule has 0 bridgehead atoms. The van der Waals surface area contributed by atoms with E-state index in [1.165, 1.54) is 11.8 Å². The summed E-state index contributed by atoms with van der Waals surface area (Å²) >= 11 is 0.954. The first-order valence-electron chi connectivity index (χ1n) is 6.54. The molecule has 0 saturated heterocycles. The highest BCUT2D eigenvalue weighted by Crippen LogP contribution is 2.32. The number of ether oxygens (including phenoxy) is 1. The number of halogens is 1. The van der Waals surface area contributed by atoms with Crippen LogP contribution < -0.4 is 0 Å². The molecular weight excluding hydrogens is 320 g/mol. The smallest absolute Gasteiger partial charge is 0.339 e. The zero-order valence-electron chi connectivity index (χ0n) is 11.4. The monoisotopic (exact) mass is 336 g/mol. The van der Waals surface area contributed by atoms with Gasteiger partial charge in [-0.2, -0.15) is 0 Å². The lowest BCUT2D eigenvalue weighted by Gasteiger charge is -2.28. The maximum Gasteiger partial charge on any atom is 0.339 e. The van der Waals surface area contributed by atoms with Crippen molar-refractivity contribution >= 4 is 37.0 Å². The normalized spacial score (nSPS) is 23.6. The molecule has 1 saturated carbocycles. The van der Waals surface area contributed by atoms with E-state index in [-0.39, 0.29) is 10.3 Å². The van der Waals surface area contributed by atoms with Crippen molar-refractivity contribution in [1.29, 1.82) is 0 Å². The summed E-state index contributed by atoms with van der Waals surface area (Å²) in [6.07, 6.45) is 4.08. The fraction of sp³-hybridized carbons (Fsp3) is 0.615. The van der Waals surface area contributed by atoms with Gasteiger partial charge in [-0.05, 0) is 37.7 Å². The molecule has 1 aliphatic carbocycles. The minimum Gasteiger partial charge on any atom is -0.458 e. The van der Waals surface area contributed by atoms with E-state index >= 15 is 0 Å². The van der Waals surface area contributed by atoms with Gasteiger partial charge in [-0.3, -0.25) is 0 Å². The van der Waals surface area contributed by atoms with Crippen molar-refractivity contribution in [2.45, 2.75) is 49.8 Å². The molecule has 4 nitrogen and oxygen atoms in total. The summed E-state index contributed by atoms with van der Waals surface area (Å²) in [7, 11) is 1.52. The van der Waals surface area contributed by atoms with E-state index in [0.717, 1.165) is 30.6 Å². The van der Waals surface area contributed by atoms with Gasteiger partial charge in [0.1, 0.15) is 10.3 Å². The molecule has 0 aromatic carbocycles. The molecule has 2 unspecified atom stereocenters. The molecule has 1 fully saturated rings. The molecule has 2 rings (SSSR count). The van der Waals surface area contributed by atoms with E-state index < -0.39 is 15.0 Å². The molecular formula is C13H17ClO4S2. The van der Waals surface area contributed by atoms with Crippen LogP contribution in [0.3, 0.4) is 0 Å². The average Bonchev–Trinajstić information content (AvgIpc) is 2.74. The Morgan fingerprint density at radius 1 is 1.40 bits per heavy atom. The number of carbonyl (C=O) groups is 1. The topological polar surface area (TPSA) is 60.4 Å². The maximum atomic E-state index is 12.2. The van der Waals surface area contributed by atoms with Crippen LogP contribution in [0.25, 0.3) is 0 Å². The van der Waals surface area contributed by atoms with Crippen molar-refractivity contribution < 1.29 is 17.9 Å². The molecule has 1 heterocycles. The average molecular weight is 337 g/mol. The SMILES string of the molecule is Cc1c(C(=O)OC2CCCCC2C)csc1S(=O)(=O)Cl. The summed E-state index contributed by atoms with van der Waals surface area (Å²) < 4.78 is 28.3. The van der Waals surface area contributed by atoms with Crippen LogP contribution in [0.15, 0.2) is 9.59 Å². The minimum atomic E-state index is -3.81. The molecule has 1 aromatic heterocycles. The Morgan fingerprint density at radius 3 is 2.60 bits per heavy atom. The van der Waals surface area contributed by atoms with Gasteiger partial charge in [-0.25, -0.2) is 13.2 Å². The second kappa shape index (κ2) is 6.03. The van der Waals surface area contributed by atoms with E-state index in [2.05, 4.69) is 6.92 Å². The quantitative estimate of drug-likeness (QED) is 0.623. The lowest BCUT2D eigenvalue weighted by Crippen LogP contribution is -2.28. The van der Waals surface area contributed by atoms with Crippen LogP contribution >= 0.6 is 22.0 Å². The Bertz CT molecular complexity index is 606. The van der Waals surface area contributed by atoms with E-state index in [1.54, 1.807) is 6.92 Å². The number of hydrogen-bond donors (Lipinski definition) is 0. The Kier molecular flexibility index (Phi) is 4.76. The lowest BCUT2D eigenvalue weighted by atomic mass is 9.88. The third-order valence-electron chi connectivity index (χ3n) is 3.73. The standard InChI is InChI=1S/C13H17ClO4S2/c1-8-5-3-4-6-11(8)18-12(15)10-7-19-13(9(10)2)20(14,16)17/h7-8,11H,3-6H2,1-2H3. The second-order valence-corrected chi connectivity index (χ2v) is 8.85. The van der Waals surface area contributed by atoms with Gasteiger partial charge in [0, 0.05) is 16.1 Å². The molecule has 7 heteroatoms. The van der Waals surface area contributed by atoms with Gasteiger partial charge in [-0.1, -0.05) is 13.3 Å². The van der Waals surface area contributed by atoms with Gasteiger partial charge in [0.25, 0.3) is 9.05 Å². The fourth-order valence-electron chi connectivity index (χ4n) is 2.50. The summed E-state index contributed by atoms with van der Waals surface area (Å²) in [5.74, 6) is -0.105. The zero-order chi connectivity index (χ0) is 14.9. The van der Waals surface area contributed by atoms with Gasteiger partial charge in [0.2, 0.25) is 0 Å². The Labute approximate surface area is 127 Å². The van der Waals surface area contributed by atoms with Crippen molar-refractivity contribution in [2.24, 2.45) is 5.92 Å². The molecule has 20 heavy (non-hydrogen) atoms. The van der Waals surface area contributed by atoms with Crippen LogP contribution in [-0.2, 0) is 13.8 Å². The molecule has 0 radical (unpaired) electrons. The van der Waals surface area contributed by atoms with Crippen LogP contribution in [0.2, 0.25) is 0 Å². The predicted octanol–water partition coefficient (Wildman–Crippen LogP) is 3.72. The number of rotatable bonds is 3. The molecule has 1 aromatic rings. The summed E-state index contributed by atoms with van der Waals surface area (Å²) in [6, 6.07) is 0. The summed E-state index contributed by atoms with van der Waals surface area (Å²) in [4.78, 5) is 12.2. The van der Waals surface area contributed by atoms with E-state index in [9.17, 15) is 13.2 Å². The molecule has 0 aliphatic heterocycles. The summed E-state index contributed by atoms with van der Waals surface area (Å²) in [5.41, 5.74) is 0.672. The summed E-state index contributed by atoms with van der Waals surface area (Å²) in [5, 5.41) is 1.50. The fourth-order valence-corrected chi connectivity index (χ4v) is 5.04. The van der Waals surface area contributed by atoms with Crippen molar-refractivity contribution in [1.82, 2.24) is 0 Å². The first kappa shape index (κ1) is 15.8. The Morgan fingerprint density at radius 2 is 2.05 bits per heavy atom. The van der Waals surface area contributed by atoms with Gasteiger partial charge in [-0.15, -0.1) is 11.3 Å². The largest absolute Gasteiger partial charge is 0.458 e. The van der Waals surface area contributed by atoms with Crippen LogP contribution in [0, 0.1) is 12.8 Å². The highest BCUT2D eigenvalue weighted by atomic mass is 35.7. The third kappa shape index (κ3) is 3.35. The highest BCUT2D eigenvalue weighted by Gasteiger charge is 2.28. The molecule has 0 spiro atoms. The van der Waals surface area contributed by atoms with Crippen LogP contribution in [-0.4, -0.2) is 20.5 Å². The first-order chi connectivity index (χ1) is 9.30. The number of carbonyl (C=O) groups excluding carboxylic acids is 1. The predicted molar refractivity (Wildman–Crippen MR) is 78.9 cm³/mol. The van der Waals surface area contributed by atoms with Crippen LogP contribution in [0.5, 0.6) is 0 Å². The molecule has 2 atom stereocenters. The van der Waals surface area contributed by atoms with E-state index in [1.807, 2.05) is 0 Å². The lowest BCUT2D eigenvalue weighted by molar-refractivity contribution is 0.00478. The van der Waals surface area contributed by atoms with E-state index in [4.69, 9.17) is 15.4 Å². The second-order valence-electron chi connectivity index (χ2n) is 5.21. The first-order valence-corrected chi connectivity index (χ1v) is 9.73. The van der Waals surface area contributed by atoms with Crippen LogP contribution in [0.4, 0.5) is 0 Å². The zero-order valence-corrected chi connectivity index (χ0v) is 13.8. The molecule has 112 valence electrons. The van der Waals surface area contributed by atoms with Gasteiger partial charge in [0.15, 0.2) is 0 Å². The number of hydrogen-bond acceptors (Lipinski definition) is 5. The van der Waals surface area contributed by atoms with Gasteiger partial charge >= 0.3 is 5.97 Å². The van der Waals surface area contributed by atoms with Gasteiger partial charge in [0.05, 0.1) is 5.56 Å². The van der Waals surface area contributed by atoms with Gasteiger partial charge < -0.3 is 4.74 Å². The Balaban J connectivity index is 2.16. The third-order valence-corrected chi connectivity index (χ3v) is 7.03. The molecule has 0 amide bonds. The van der Waals surface area contributed by atoms with Crippen molar-refractivity contribution in [3.8, 4) is 0 Å². The number of thiophene rings is 1. The molecule has 0 N–H and O–H groups in total. The van der Waals surface area contributed by atoms with Crippen molar-refractivity contribution in [2.75, 3.05) is 0 Å². The maximum absolute atomic E-state index is 12.2.